The molecule has 1 heterocycles. The highest BCUT2D eigenvalue weighted by Gasteiger charge is 2.23. The molecule has 1 amide bonds. The largest absolute Gasteiger partial charge is 0.456 e. The van der Waals surface area contributed by atoms with Crippen LogP contribution in [0.2, 0.25) is 0 Å². The minimum atomic E-state index is -4.28. The van der Waals surface area contributed by atoms with Gasteiger partial charge in [-0.2, -0.15) is 16.8 Å². The number of hydrogen-bond donors (Lipinski definition) is 4. The van der Waals surface area contributed by atoms with Crippen LogP contribution in [0.3, 0.4) is 0 Å². The van der Waals surface area contributed by atoms with Crippen LogP contribution in [0.5, 0.6) is 0 Å². The molecule has 2 aliphatic rings. The second-order valence-electron chi connectivity index (χ2n) is 12.9. The van der Waals surface area contributed by atoms with Crippen LogP contribution in [0.15, 0.2) is 128 Å². The summed E-state index contributed by atoms with van der Waals surface area (Å²) in [5, 5.41) is 13.6. The van der Waals surface area contributed by atoms with Crippen molar-refractivity contribution in [3.05, 3.63) is 131 Å². The summed E-state index contributed by atoms with van der Waals surface area (Å²) in [6.07, 6.45) is 1.55. The predicted molar refractivity (Wildman–Crippen MR) is 207 cm³/mol. The van der Waals surface area contributed by atoms with Crippen LogP contribution in [0.25, 0.3) is 33.4 Å². The molecule has 0 saturated heterocycles. The summed E-state index contributed by atoms with van der Waals surface area (Å²) < 4.78 is 70.7. The first kappa shape index (κ1) is 39.3. The van der Waals surface area contributed by atoms with E-state index in [2.05, 4.69) is 10.2 Å². The van der Waals surface area contributed by atoms with Crippen molar-refractivity contribution in [3.8, 4) is 22.5 Å². The van der Waals surface area contributed by atoms with Crippen molar-refractivity contribution in [3.63, 3.8) is 0 Å². The number of anilines is 1. The Morgan fingerprint density at radius 3 is 2.11 bits per heavy atom. The van der Waals surface area contributed by atoms with Crippen LogP contribution in [-0.4, -0.2) is 75.3 Å². The second-order valence-corrected chi connectivity index (χ2v) is 15.7. The molecule has 1 aliphatic heterocycles. The predicted octanol–water partition coefficient (Wildman–Crippen LogP) is 6.45. The van der Waals surface area contributed by atoms with E-state index in [1.807, 2.05) is 54.6 Å². The van der Waals surface area contributed by atoms with Gasteiger partial charge in [0.25, 0.3) is 26.1 Å². The van der Waals surface area contributed by atoms with Gasteiger partial charge in [-0.25, -0.2) is 4.89 Å². The van der Waals surface area contributed by atoms with Gasteiger partial charge in [-0.15, -0.1) is 0 Å². The number of nitrogens with one attached hydrogen (secondary N) is 1. The Morgan fingerprint density at radius 1 is 0.800 bits per heavy atom. The van der Waals surface area contributed by atoms with Gasteiger partial charge in [0, 0.05) is 66.6 Å². The van der Waals surface area contributed by atoms with E-state index < -0.39 is 20.2 Å². The molecule has 286 valence electrons. The zero-order valence-corrected chi connectivity index (χ0v) is 31.4. The lowest BCUT2D eigenvalue weighted by atomic mass is 9.90. The molecule has 0 saturated carbocycles. The number of benzene rings is 5. The van der Waals surface area contributed by atoms with E-state index in [-0.39, 0.29) is 22.3 Å². The molecule has 55 heavy (non-hydrogen) atoms. The third-order valence-corrected chi connectivity index (χ3v) is 10.8. The molecule has 4 N–H and O–H groups in total. The Bertz CT molecular complexity index is 2570. The number of rotatable bonds is 15. The van der Waals surface area contributed by atoms with E-state index >= 15 is 0 Å². The van der Waals surface area contributed by atoms with Gasteiger partial charge in [0.05, 0.1) is 21.8 Å². The number of carbonyl (C=O) groups excluding carboxylic acids is 1. The zero-order valence-electron chi connectivity index (χ0n) is 29.8. The topological polar surface area (TPSA) is 196 Å². The number of hydrogen-bond acceptors (Lipinski definition) is 10. The maximum Gasteiger partial charge on any atom is 0.294 e. The third kappa shape index (κ3) is 9.64. The normalized spacial score (nSPS) is 12.3. The highest BCUT2D eigenvalue weighted by molar-refractivity contribution is 7.86. The van der Waals surface area contributed by atoms with Crippen molar-refractivity contribution in [1.82, 2.24) is 4.90 Å². The van der Waals surface area contributed by atoms with Crippen LogP contribution >= 0.6 is 0 Å². The van der Waals surface area contributed by atoms with E-state index in [9.17, 15) is 30.7 Å². The van der Waals surface area contributed by atoms with E-state index in [0.29, 0.717) is 66.7 Å². The first-order valence-electron chi connectivity index (χ1n) is 17.3. The molecule has 6 rings (SSSR count). The Kier molecular flexibility index (Phi) is 12.1. The smallest absolute Gasteiger partial charge is 0.294 e. The summed E-state index contributed by atoms with van der Waals surface area (Å²) in [6.45, 7) is 1.38. The molecule has 0 aromatic heterocycles. The highest BCUT2D eigenvalue weighted by Crippen LogP contribution is 2.42. The van der Waals surface area contributed by atoms with Crippen molar-refractivity contribution >= 4 is 42.8 Å². The van der Waals surface area contributed by atoms with E-state index in [0.717, 1.165) is 33.3 Å². The van der Waals surface area contributed by atoms with Crippen LogP contribution in [0.1, 0.15) is 27.9 Å². The van der Waals surface area contributed by atoms with Gasteiger partial charge in [-0.1, -0.05) is 42.5 Å². The molecule has 1 aliphatic carbocycles. The molecule has 0 unspecified atom stereocenters. The van der Waals surface area contributed by atoms with Gasteiger partial charge < -0.3 is 14.6 Å². The van der Waals surface area contributed by atoms with Crippen molar-refractivity contribution in [1.29, 1.82) is 0 Å². The standard InChI is InChI=1S/C40H39N3O10S2/c1-43(23-4-24-52-45)40(44)34-6-3-2-5-33(34)39-35-17-11-29(41-21-19-27-7-13-31(14-8-27)54(46,47)48)25-37(35)53-38-26-30(12-18-36(38)39)42-22-20-28-9-15-32(16-10-28)55(49,50)51/h2-3,5-18,25-26,41,45H,4,19-24H2,1H3,(H,46,47,48)(H,49,50,51)/b42-30-. The molecular formula is C40H39N3O10S2. The Labute approximate surface area is 318 Å². The van der Waals surface area contributed by atoms with Crippen LogP contribution in [0, 0.1) is 0 Å². The summed E-state index contributed by atoms with van der Waals surface area (Å²) in [6, 6.07) is 30.7. The Hall–Kier alpha value is -5.42. The molecule has 0 spiro atoms. The minimum Gasteiger partial charge on any atom is -0.456 e. The lowest BCUT2D eigenvalue weighted by Crippen LogP contribution is -2.28. The van der Waals surface area contributed by atoms with Gasteiger partial charge >= 0.3 is 0 Å². The zero-order chi connectivity index (χ0) is 39.2. The SMILES string of the molecule is CN(CCCOO)C(=O)c1ccccc1-c1c2cc/c(=N/CCc3ccc(S(=O)(=O)O)cc3)cc-2oc2cc(NCCc3ccc(S(=O)(=O)O)cc3)ccc12. The maximum atomic E-state index is 13.8. The van der Waals surface area contributed by atoms with Crippen molar-refractivity contribution in [2.24, 2.45) is 4.99 Å². The number of amides is 1. The van der Waals surface area contributed by atoms with Crippen molar-refractivity contribution < 1.29 is 45.3 Å². The number of fused-ring (bicyclic) bond motifs is 2. The quantitative estimate of drug-likeness (QED) is 0.0294. The van der Waals surface area contributed by atoms with Crippen molar-refractivity contribution in [2.45, 2.75) is 29.1 Å². The van der Waals surface area contributed by atoms with Gasteiger partial charge in [-0.05, 0) is 90.6 Å². The molecule has 0 bridgehead atoms. The first-order valence-corrected chi connectivity index (χ1v) is 20.2. The molecular weight excluding hydrogens is 747 g/mol. The molecule has 4 aromatic rings. The summed E-state index contributed by atoms with van der Waals surface area (Å²) >= 11 is 0. The third-order valence-electron chi connectivity index (χ3n) is 9.09. The fraction of sp³-hybridized carbons (Fsp3) is 0.200. The van der Waals surface area contributed by atoms with Gasteiger partial charge in [0.2, 0.25) is 0 Å². The fourth-order valence-corrected chi connectivity index (χ4v) is 7.22. The van der Waals surface area contributed by atoms with Crippen LogP contribution < -0.4 is 10.7 Å². The Morgan fingerprint density at radius 2 is 1.45 bits per heavy atom. The first-order chi connectivity index (χ1) is 26.3. The monoisotopic (exact) mass is 785 g/mol. The highest BCUT2D eigenvalue weighted by atomic mass is 32.2. The molecule has 13 nitrogen and oxygen atoms in total. The van der Waals surface area contributed by atoms with Crippen LogP contribution in [0.4, 0.5) is 5.69 Å². The maximum absolute atomic E-state index is 13.8. The Balaban J connectivity index is 1.35. The number of carbonyl (C=O) groups is 1. The summed E-state index contributed by atoms with van der Waals surface area (Å²) in [5.74, 6) is 0.336. The average Bonchev–Trinajstić information content (AvgIpc) is 3.16. The molecule has 15 heteroatoms. The second kappa shape index (κ2) is 16.9. The molecule has 4 aromatic carbocycles. The molecule has 0 fully saturated rings. The van der Waals surface area contributed by atoms with Gasteiger partial charge in [0.1, 0.15) is 11.3 Å². The van der Waals surface area contributed by atoms with E-state index in [1.54, 1.807) is 42.3 Å². The number of nitrogens with zero attached hydrogens (tertiary/aromatic N) is 2. The van der Waals surface area contributed by atoms with Crippen LogP contribution in [-0.2, 0) is 38.0 Å². The minimum absolute atomic E-state index is 0.0964. The molecule has 0 atom stereocenters. The lowest BCUT2D eigenvalue weighted by molar-refractivity contribution is -0.242. The van der Waals surface area contributed by atoms with E-state index in [1.165, 1.54) is 24.3 Å². The lowest BCUT2D eigenvalue weighted by Gasteiger charge is -2.21. The molecule has 0 radical (unpaired) electrons. The van der Waals surface area contributed by atoms with E-state index in [4.69, 9.17) is 14.7 Å². The summed E-state index contributed by atoms with van der Waals surface area (Å²) in [7, 11) is -6.86. The van der Waals surface area contributed by atoms with Gasteiger partial charge in [0.15, 0.2) is 0 Å². The van der Waals surface area contributed by atoms with Gasteiger partial charge in [-0.3, -0.25) is 24.1 Å². The average molecular weight is 786 g/mol. The van der Waals surface area contributed by atoms with Crippen molar-refractivity contribution in [2.75, 3.05) is 38.6 Å². The summed E-state index contributed by atoms with van der Waals surface area (Å²) in [4.78, 5) is 24.0. The summed E-state index contributed by atoms with van der Waals surface area (Å²) in [5.41, 5.74) is 5.79. The fourth-order valence-electron chi connectivity index (χ4n) is 6.26.